The molecule has 0 aliphatic heterocycles. The quantitative estimate of drug-likeness (QED) is 0.682. The summed E-state index contributed by atoms with van der Waals surface area (Å²) in [6.07, 6.45) is 1.51. The highest BCUT2D eigenvalue weighted by Crippen LogP contribution is 2.23. The summed E-state index contributed by atoms with van der Waals surface area (Å²) in [5.74, 6) is -0.228. The molecular formula is C14H14N6OS. The van der Waals surface area contributed by atoms with Crippen molar-refractivity contribution in [1.29, 1.82) is 0 Å². The number of carbonyl (C=O) groups is 1. The van der Waals surface area contributed by atoms with Gasteiger partial charge in [0.05, 0.1) is 23.5 Å². The van der Waals surface area contributed by atoms with Crippen LogP contribution in [0.5, 0.6) is 0 Å². The lowest BCUT2D eigenvalue weighted by molar-refractivity contribution is 0.0940. The van der Waals surface area contributed by atoms with Crippen LogP contribution in [-0.2, 0) is 0 Å². The first-order chi connectivity index (χ1) is 10.6. The Hall–Kier alpha value is -2.74. The molecule has 112 valence electrons. The number of aromatic amines is 1. The van der Waals surface area contributed by atoms with Crippen molar-refractivity contribution in [3.8, 4) is 11.3 Å². The molecule has 22 heavy (non-hydrogen) atoms. The summed E-state index contributed by atoms with van der Waals surface area (Å²) < 4.78 is 0. The van der Waals surface area contributed by atoms with Crippen LogP contribution in [-0.4, -0.2) is 26.3 Å². The molecule has 1 amide bonds. The Bertz CT molecular complexity index is 781. The fraction of sp³-hybridized carbons (Fsp3) is 0.143. The predicted molar refractivity (Wildman–Crippen MR) is 84.2 cm³/mol. The van der Waals surface area contributed by atoms with Gasteiger partial charge in [-0.1, -0.05) is 41.7 Å². The van der Waals surface area contributed by atoms with Gasteiger partial charge in [-0.15, -0.1) is 10.2 Å². The van der Waals surface area contributed by atoms with Gasteiger partial charge in [-0.2, -0.15) is 5.10 Å². The van der Waals surface area contributed by atoms with Crippen LogP contribution in [0.3, 0.4) is 0 Å². The average Bonchev–Trinajstić information content (AvgIpc) is 3.16. The number of nitrogen functional groups attached to an aromatic ring is 1. The molecule has 1 atom stereocenters. The van der Waals surface area contributed by atoms with Gasteiger partial charge in [-0.05, 0) is 6.92 Å². The number of hydrogen-bond acceptors (Lipinski definition) is 6. The van der Waals surface area contributed by atoms with Crippen molar-refractivity contribution in [1.82, 2.24) is 25.7 Å². The molecule has 1 unspecified atom stereocenters. The zero-order valence-electron chi connectivity index (χ0n) is 11.8. The number of nitrogens with two attached hydrogens (primary N) is 1. The fourth-order valence-electron chi connectivity index (χ4n) is 2.04. The molecule has 2 heterocycles. The summed E-state index contributed by atoms with van der Waals surface area (Å²) in [5.41, 5.74) is 7.62. The maximum atomic E-state index is 12.4. The number of benzene rings is 1. The van der Waals surface area contributed by atoms with E-state index in [1.165, 1.54) is 17.5 Å². The Morgan fingerprint density at radius 3 is 2.77 bits per heavy atom. The normalized spacial score (nSPS) is 12.0. The molecule has 8 heteroatoms. The molecule has 3 aromatic rings. The van der Waals surface area contributed by atoms with E-state index in [2.05, 4.69) is 25.7 Å². The van der Waals surface area contributed by atoms with Crippen LogP contribution in [0.4, 0.5) is 5.13 Å². The molecular weight excluding hydrogens is 300 g/mol. The van der Waals surface area contributed by atoms with Crippen molar-refractivity contribution in [2.75, 3.05) is 5.73 Å². The van der Waals surface area contributed by atoms with Crippen LogP contribution in [0.15, 0.2) is 36.5 Å². The predicted octanol–water partition coefficient (Wildman–Crippen LogP) is 2.00. The summed E-state index contributed by atoms with van der Waals surface area (Å²) in [4.78, 5) is 12.4. The van der Waals surface area contributed by atoms with Crippen LogP contribution < -0.4 is 11.1 Å². The Morgan fingerprint density at radius 1 is 1.32 bits per heavy atom. The van der Waals surface area contributed by atoms with E-state index >= 15 is 0 Å². The Labute approximate surface area is 130 Å². The number of H-pyrrole nitrogens is 1. The van der Waals surface area contributed by atoms with Crippen molar-refractivity contribution < 1.29 is 4.79 Å². The van der Waals surface area contributed by atoms with Crippen LogP contribution in [0.2, 0.25) is 0 Å². The number of anilines is 1. The van der Waals surface area contributed by atoms with Gasteiger partial charge >= 0.3 is 0 Å². The largest absolute Gasteiger partial charge is 0.374 e. The van der Waals surface area contributed by atoms with E-state index in [9.17, 15) is 4.79 Å². The van der Waals surface area contributed by atoms with E-state index in [1.54, 1.807) is 0 Å². The lowest BCUT2D eigenvalue weighted by Crippen LogP contribution is -2.26. The molecule has 4 N–H and O–H groups in total. The molecule has 3 rings (SSSR count). The maximum Gasteiger partial charge on any atom is 0.255 e. The molecule has 0 saturated carbocycles. The second-order valence-electron chi connectivity index (χ2n) is 4.70. The highest BCUT2D eigenvalue weighted by Gasteiger charge is 2.19. The monoisotopic (exact) mass is 314 g/mol. The van der Waals surface area contributed by atoms with Crippen molar-refractivity contribution in [3.05, 3.63) is 47.1 Å². The summed E-state index contributed by atoms with van der Waals surface area (Å²) in [6, 6.07) is 9.29. The van der Waals surface area contributed by atoms with Crippen LogP contribution in [0, 0.1) is 0 Å². The van der Waals surface area contributed by atoms with Crippen molar-refractivity contribution in [2.24, 2.45) is 0 Å². The second-order valence-corrected chi connectivity index (χ2v) is 5.74. The minimum absolute atomic E-state index is 0.228. The minimum Gasteiger partial charge on any atom is -0.374 e. The topological polar surface area (TPSA) is 110 Å². The van der Waals surface area contributed by atoms with Gasteiger partial charge in [0.2, 0.25) is 5.13 Å². The number of amides is 1. The maximum absolute atomic E-state index is 12.4. The molecule has 2 aromatic heterocycles. The Morgan fingerprint density at radius 2 is 2.09 bits per heavy atom. The number of hydrogen-bond donors (Lipinski definition) is 3. The van der Waals surface area contributed by atoms with Gasteiger partial charge in [0, 0.05) is 5.56 Å². The van der Waals surface area contributed by atoms with E-state index < -0.39 is 0 Å². The van der Waals surface area contributed by atoms with Gasteiger partial charge in [0.25, 0.3) is 5.91 Å². The third-order valence-electron chi connectivity index (χ3n) is 3.12. The first kappa shape index (κ1) is 14.2. The van der Waals surface area contributed by atoms with E-state index in [0.29, 0.717) is 21.4 Å². The number of nitrogens with one attached hydrogen (secondary N) is 2. The molecule has 0 bridgehead atoms. The molecule has 0 spiro atoms. The SMILES string of the molecule is CC(NC(=O)c1cn[nH]c1-c1ccccc1)c1nnc(N)s1. The average molecular weight is 314 g/mol. The highest BCUT2D eigenvalue weighted by molar-refractivity contribution is 7.15. The number of aromatic nitrogens is 4. The lowest BCUT2D eigenvalue weighted by atomic mass is 10.1. The second kappa shape index (κ2) is 5.94. The van der Waals surface area contributed by atoms with Gasteiger partial charge in [-0.25, -0.2) is 0 Å². The van der Waals surface area contributed by atoms with Gasteiger partial charge in [-0.3, -0.25) is 9.89 Å². The summed E-state index contributed by atoms with van der Waals surface area (Å²) in [6.45, 7) is 1.83. The highest BCUT2D eigenvalue weighted by atomic mass is 32.1. The van der Waals surface area contributed by atoms with Gasteiger partial charge in [0.15, 0.2) is 0 Å². The van der Waals surface area contributed by atoms with Gasteiger partial charge < -0.3 is 11.1 Å². The zero-order chi connectivity index (χ0) is 15.5. The summed E-state index contributed by atoms with van der Waals surface area (Å²) in [7, 11) is 0. The van der Waals surface area contributed by atoms with Crippen molar-refractivity contribution in [3.63, 3.8) is 0 Å². The first-order valence-corrected chi connectivity index (χ1v) is 7.45. The van der Waals surface area contributed by atoms with E-state index in [4.69, 9.17) is 5.73 Å². The van der Waals surface area contributed by atoms with Crippen LogP contribution in [0.25, 0.3) is 11.3 Å². The molecule has 0 saturated heterocycles. The van der Waals surface area contributed by atoms with Crippen LogP contribution in [0.1, 0.15) is 28.3 Å². The molecule has 0 aliphatic rings. The van der Waals surface area contributed by atoms with Crippen LogP contribution >= 0.6 is 11.3 Å². The van der Waals surface area contributed by atoms with Crippen molar-refractivity contribution >= 4 is 22.4 Å². The fourth-order valence-corrected chi connectivity index (χ4v) is 2.65. The molecule has 7 nitrogen and oxygen atoms in total. The molecule has 0 aliphatic carbocycles. The molecule has 0 fully saturated rings. The third-order valence-corrected chi connectivity index (χ3v) is 4.06. The van der Waals surface area contributed by atoms with Crippen molar-refractivity contribution in [2.45, 2.75) is 13.0 Å². The van der Waals surface area contributed by atoms with E-state index in [1.807, 2.05) is 37.3 Å². The number of carbonyl (C=O) groups excluding carboxylic acids is 1. The third kappa shape index (κ3) is 2.82. The summed E-state index contributed by atoms with van der Waals surface area (Å²) >= 11 is 1.25. The zero-order valence-corrected chi connectivity index (χ0v) is 12.6. The Balaban J connectivity index is 1.80. The van der Waals surface area contributed by atoms with Gasteiger partial charge in [0.1, 0.15) is 5.01 Å². The summed E-state index contributed by atoms with van der Waals surface area (Å²) in [5, 5.41) is 18.4. The smallest absolute Gasteiger partial charge is 0.255 e. The van der Waals surface area contributed by atoms with E-state index in [-0.39, 0.29) is 11.9 Å². The first-order valence-electron chi connectivity index (χ1n) is 6.63. The standard InChI is InChI=1S/C14H14N6OS/c1-8(13-19-20-14(15)22-13)17-12(21)10-7-16-18-11(10)9-5-3-2-4-6-9/h2-8H,1H3,(H2,15,20)(H,16,18)(H,17,21). The minimum atomic E-state index is -0.277. The Kier molecular flexibility index (Phi) is 3.84. The lowest BCUT2D eigenvalue weighted by Gasteiger charge is -2.10. The molecule has 1 aromatic carbocycles. The van der Waals surface area contributed by atoms with E-state index in [0.717, 1.165) is 5.56 Å². The number of rotatable bonds is 4. The number of nitrogens with zero attached hydrogens (tertiary/aromatic N) is 3. The molecule has 0 radical (unpaired) electrons.